The molecule has 1 fully saturated rings. The molecule has 4 nitrogen and oxygen atoms in total. The molecule has 0 aromatic carbocycles. The van der Waals surface area contributed by atoms with Crippen molar-refractivity contribution in [3.05, 3.63) is 0 Å². The van der Waals surface area contributed by atoms with Crippen LogP contribution in [-0.2, 0) is 18.1 Å². The number of phosphoric acid groups is 1. The summed E-state index contributed by atoms with van der Waals surface area (Å²) < 4.78 is 35.4. The highest BCUT2D eigenvalue weighted by atomic mass is 31.2. The highest BCUT2D eigenvalue weighted by molar-refractivity contribution is 7.48. The molecule has 0 amide bonds. The van der Waals surface area contributed by atoms with Gasteiger partial charge in [0, 0.05) is 7.11 Å². The lowest BCUT2D eigenvalue weighted by Gasteiger charge is -2.02. The molecule has 1 aliphatic heterocycles. The molecule has 1 heterocycles. The van der Waals surface area contributed by atoms with Gasteiger partial charge >= 0.3 is 7.82 Å². The molecule has 0 aromatic heterocycles. The van der Waals surface area contributed by atoms with E-state index >= 15 is 0 Å². The van der Waals surface area contributed by atoms with E-state index in [-0.39, 0.29) is 6.61 Å². The predicted molar refractivity (Wildman–Crippen MR) is 26.5 cm³/mol. The van der Waals surface area contributed by atoms with Crippen LogP contribution in [0.2, 0.25) is 0 Å². The summed E-state index contributed by atoms with van der Waals surface area (Å²) in [5.74, 6) is 0. The Morgan fingerprint density at radius 3 is 2.78 bits per heavy atom. The number of hydrogen-bond acceptors (Lipinski definition) is 4. The van der Waals surface area contributed by atoms with Crippen molar-refractivity contribution in [3.63, 3.8) is 0 Å². The highest BCUT2D eigenvalue weighted by Gasteiger charge is 2.37. The summed E-state index contributed by atoms with van der Waals surface area (Å²) in [7, 11) is -2.34. The van der Waals surface area contributed by atoms with E-state index in [1.54, 1.807) is 0 Å². The van der Waals surface area contributed by atoms with Gasteiger partial charge < -0.3 is 0 Å². The van der Waals surface area contributed by atoms with E-state index in [9.17, 15) is 8.96 Å². The minimum Gasteiger partial charge on any atom is -0.290 e. The standard InChI is InChI=1S/C3H6FO4P/c1-6-9(5)7-2-3(4)8-9/h3H,2H2,1H3. The van der Waals surface area contributed by atoms with Crippen LogP contribution in [0.25, 0.3) is 0 Å². The third-order valence-corrected chi connectivity index (χ3v) is 2.23. The Hall–Kier alpha value is 0.0400. The van der Waals surface area contributed by atoms with Crippen molar-refractivity contribution in [3.8, 4) is 0 Å². The van der Waals surface area contributed by atoms with Gasteiger partial charge in [0.25, 0.3) is 0 Å². The molecule has 1 rings (SSSR count). The third-order valence-electron chi connectivity index (χ3n) is 0.831. The van der Waals surface area contributed by atoms with Crippen molar-refractivity contribution in [1.82, 2.24) is 0 Å². The van der Waals surface area contributed by atoms with Gasteiger partial charge in [0.05, 0.1) is 0 Å². The van der Waals surface area contributed by atoms with E-state index in [0.29, 0.717) is 0 Å². The summed E-state index contributed by atoms with van der Waals surface area (Å²) in [5, 5.41) is 0. The number of hydrogen-bond donors (Lipinski definition) is 0. The van der Waals surface area contributed by atoms with E-state index in [1.165, 1.54) is 0 Å². The second-order valence-corrected chi connectivity index (χ2v) is 3.17. The first-order chi connectivity index (χ1) is 4.16. The quantitative estimate of drug-likeness (QED) is 0.533. The van der Waals surface area contributed by atoms with E-state index < -0.39 is 14.2 Å². The maximum Gasteiger partial charge on any atom is 0.477 e. The van der Waals surface area contributed by atoms with E-state index in [4.69, 9.17) is 0 Å². The number of rotatable bonds is 1. The SMILES string of the molecule is COP1(=O)OCC(F)O1. The van der Waals surface area contributed by atoms with Crippen LogP contribution in [0.1, 0.15) is 0 Å². The molecule has 54 valence electrons. The first-order valence-corrected chi connectivity index (χ1v) is 3.75. The molecule has 2 unspecified atom stereocenters. The predicted octanol–water partition coefficient (Wildman–Crippen LogP) is 1.08. The molecule has 0 spiro atoms. The van der Waals surface area contributed by atoms with Crippen LogP contribution in [0, 0.1) is 0 Å². The molecular formula is C3H6FO4P. The fraction of sp³-hybridized carbons (Fsp3) is 1.00. The maximum absolute atomic E-state index is 12.0. The highest BCUT2D eigenvalue weighted by Crippen LogP contribution is 2.54. The summed E-state index contributed by atoms with van der Waals surface area (Å²) >= 11 is 0. The van der Waals surface area contributed by atoms with Gasteiger partial charge in [-0.1, -0.05) is 0 Å². The zero-order valence-corrected chi connectivity index (χ0v) is 5.64. The largest absolute Gasteiger partial charge is 0.477 e. The van der Waals surface area contributed by atoms with Crippen LogP contribution >= 0.6 is 7.82 Å². The van der Waals surface area contributed by atoms with Crippen molar-refractivity contribution in [2.45, 2.75) is 6.36 Å². The smallest absolute Gasteiger partial charge is 0.290 e. The van der Waals surface area contributed by atoms with E-state index in [2.05, 4.69) is 13.6 Å². The summed E-state index contributed by atoms with van der Waals surface area (Å²) in [6.45, 7) is -0.314. The summed E-state index contributed by atoms with van der Waals surface area (Å²) in [5.41, 5.74) is 0. The van der Waals surface area contributed by atoms with Crippen molar-refractivity contribution in [1.29, 1.82) is 0 Å². The lowest BCUT2D eigenvalue weighted by molar-refractivity contribution is 0.0813. The van der Waals surface area contributed by atoms with Crippen molar-refractivity contribution in [2.75, 3.05) is 13.7 Å². The monoisotopic (exact) mass is 156 g/mol. The van der Waals surface area contributed by atoms with Gasteiger partial charge in [0.15, 0.2) is 0 Å². The summed E-state index contributed by atoms with van der Waals surface area (Å²) in [4.78, 5) is 0. The van der Waals surface area contributed by atoms with E-state index in [1.807, 2.05) is 0 Å². The molecule has 0 aliphatic carbocycles. The molecule has 9 heavy (non-hydrogen) atoms. The third kappa shape index (κ3) is 1.49. The molecule has 1 saturated heterocycles. The normalized spacial score (nSPS) is 43.6. The Balaban J connectivity index is 2.55. The molecule has 0 saturated carbocycles. The van der Waals surface area contributed by atoms with Crippen molar-refractivity contribution in [2.24, 2.45) is 0 Å². The van der Waals surface area contributed by atoms with Crippen molar-refractivity contribution >= 4 is 7.82 Å². The Kier molecular flexibility index (Phi) is 1.86. The minimum atomic E-state index is -3.48. The Bertz CT molecular complexity index is 149. The van der Waals surface area contributed by atoms with Gasteiger partial charge in [-0.15, -0.1) is 0 Å². The fourth-order valence-electron chi connectivity index (χ4n) is 0.447. The van der Waals surface area contributed by atoms with Gasteiger partial charge in [-0.2, -0.15) is 0 Å². The van der Waals surface area contributed by atoms with Gasteiger partial charge in [-0.05, 0) is 0 Å². The Morgan fingerprint density at radius 2 is 2.56 bits per heavy atom. The molecule has 1 aliphatic rings. The molecule has 0 N–H and O–H groups in total. The summed E-state index contributed by atoms with van der Waals surface area (Å²) in [6, 6.07) is 0. The topological polar surface area (TPSA) is 44.8 Å². The van der Waals surface area contributed by atoms with Gasteiger partial charge in [-0.25, -0.2) is 13.5 Å². The fourth-order valence-corrected chi connectivity index (χ4v) is 1.34. The number of halogens is 1. The van der Waals surface area contributed by atoms with E-state index in [0.717, 1.165) is 7.11 Å². The number of phosphoric ester groups is 1. The lowest BCUT2D eigenvalue weighted by Crippen LogP contribution is -1.97. The van der Waals surface area contributed by atoms with Gasteiger partial charge in [0.1, 0.15) is 6.61 Å². The average molecular weight is 156 g/mol. The van der Waals surface area contributed by atoms with Crippen LogP contribution in [-0.4, -0.2) is 20.1 Å². The van der Waals surface area contributed by atoms with Crippen LogP contribution in [0.3, 0.4) is 0 Å². The summed E-state index contributed by atoms with van der Waals surface area (Å²) in [6.07, 6.45) is -1.62. The Labute approximate surface area is 51.5 Å². The Morgan fingerprint density at radius 1 is 1.89 bits per heavy atom. The second kappa shape index (κ2) is 2.34. The van der Waals surface area contributed by atoms with Crippen molar-refractivity contribution < 1.29 is 22.5 Å². The molecule has 0 radical (unpaired) electrons. The molecule has 2 atom stereocenters. The maximum atomic E-state index is 12.0. The van der Waals surface area contributed by atoms with Crippen LogP contribution in [0.15, 0.2) is 0 Å². The number of alkyl halides is 1. The van der Waals surface area contributed by atoms with Gasteiger partial charge in [-0.3, -0.25) is 9.05 Å². The lowest BCUT2D eigenvalue weighted by atomic mass is 10.8. The average Bonchev–Trinajstić information content (AvgIpc) is 2.13. The minimum absolute atomic E-state index is 0.314. The molecule has 6 heteroatoms. The second-order valence-electron chi connectivity index (χ2n) is 1.44. The van der Waals surface area contributed by atoms with Gasteiger partial charge in [0.2, 0.25) is 6.36 Å². The zero-order valence-electron chi connectivity index (χ0n) is 4.74. The molecular weight excluding hydrogens is 150 g/mol. The van der Waals surface area contributed by atoms with Crippen LogP contribution in [0.4, 0.5) is 4.39 Å². The van der Waals surface area contributed by atoms with Crippen LogP contribution in [0.5, 0.6) is 0 Å². The zero-order chi connectivity index (χ0) is 6.91. The first-order valence-electron chi connectivity index (χ1n) is 2.29. The molecule has 0 aromatic rings. The first kappa shape index (κ1) is 7.15. The molecule has 0 bridgehead atoms. The van der Waals surface area contributed by atoms with Crippen LogP contribution < -0.4 is 0 Å².